The zero-order valence-corrected chi connectivity index (χ0v) is 7.79. The monoisotopic (exact) mass is 191 g/mol. The Morgan fingerprint density at radius 1 is 1.50 bits per heavy atom. The van der Waals surface area contributed by atoms with E-state index in [1.54, 1.807) is 0 Å². The van der Waals surface area contributed by atoms with Crippen molar-refractivity contribution >= 4 is 11.6 Å². The van der Waals surface area contributed by atoms with E-state index in [-0.39, 0.29) is 11.9 Å². The van der Waals surface area contributed by atoms with Crippen LogP contribution in [-0.2, 0) is 11.2 Å². The first kappa shape index (κ1) is 9.02. The summed E-state index contributed by atoms with van der Waals surface area (Å²) in [5.41, 5.74) is 4.46. The van der Waals surface area contributed by atoms with Gasteiger partial charge in [0.15, 0.2) is 0 Å². The second-order valence-corrected chi connectivity index (χ2v) is 3.40. The van der Waals surface area contributed by atoms with Gasteiger partial charge in [0, 0.05) is 5.69 Å². The van der Waals surface area contributed by atoms with E-state index in [4.69, 9.17) is 5.84 Å². The summed E-state index contributed by atoms with van der Waals surface area (Å²) in [6.45, 7) is 0. The van der Waals surface area contributed by atoms with E-state index in [1.807, 2.05) is 18.2 Å². The summed E-state index contributed by atoms with van der Waals surface area (Å²) in [6, 6.07) is 7.80. The summed E-state index contributed by atoms with van der Waals surface area (Å²) in [7, 11) is 0. The van der Waals surface area contributed by atoms with Gasteiger partial charge in [-0.2, -0.15) is 0 Å². The molecule has 1 aliphatic rings. The predicted octanol–water partition coefficient (Wildman–Crippen LogP) is 0.403. The van der Waals surface area contributed by atoms with E-state index in [0.29, 0.717) is 0 Å². The van der Waals surface area contributed by atoms with Crippen LogP contribution in [0.4, 0.5) is 5.69 Å². The number of carbonyl (C=O) groups excluding carboxylic acids is 1. The van der Waals surface area contributed by atoms with Gasteiger partial charge in [-0.1, -0.05) is 18.2 Å². The number of fused-ring (bicyclic) bond motifs is 1. The van der Waals surface area contributed by atoms with Crippen LogP contribution in [0.15, 0.2) is 24.3 Å². The number of rotatable bonds is 1. The van der Waals surface area contributed by atoms with Gasteiger partial charge >= 0.3 is 0 Å². The minimum absolute atomic E-state index is 0.153. The van der Waals surface area contributed by atoms with Crippen LogP contribution < -0.4 is 16.6 Å². The van der Waals surface area contributed by atoms with E-state index in [1.165, 1.54) is 5.56 Å². The quantitative estimate of drug-likeness (QED) is 0.342. The lowest BCUT2D eigenvalue weighted by Crippen LogP contribution is -2.44. The van der Waals surface area contributed by atoms with Gasteiger partial charge in [0.25, 0.3) is 5.91 Å². The molecular weight excluding hydrogens is 178 g/mol. The van der Waals surface area contributed by atoms with Crippen molar-refractivity contribution in [2.75, 3.05) is 5.32 Å². The molecule has 1 amide bonds. The van der Waals surface area contributed by atoms with Crippen LogP contribution in [0.3, 0.4) is 0 Å². The molecule has 14 heavy (non-hydrogen) atoms. The molecule has 0 aromatic heterocycles. The molecule has 0 spiro atoms. The Bertz CT molecular complexity index is 351. The number of hydrogen-bond acceptors (Lipinski definition) is 3. The van der Waals surface area contributed by atoms with E-state index < -0.39 is 0 Å². The number of para-hydroxylation sites is 1. The van der Waals surface area contributed by atoms with Crippen LogP contribution in [0.5, 0.6) is 0 Å². The number of anilines is 1. The van der Waals surface area contributed by atoms with Crippen molar-refractivity contribution in [3.63, 3.8) is 0 Å². The third kappa shape index (κ3) is 1.56. The largest absolute Gasteiger partial charge is 0.373 e. The molecule has 0 bridgehead atoms. The van der Waals surface area contributed by atoms with E-state index in [9.17, 15) is 4.79 Å². The van der Waals surface area contributed by atoms with Crippen LogP contribution >= 0.6 is 0 Å². The number of aryl methyl sites for hydroxylation is 1. The van der Waals surface area contributed by atoms with Gasteiger partial charge in [0.1, 0.15) is 6.04 Å². The van der Waals surface area contributed by atoms with E-state index in [2.05, 4.69) is 16.8 Å². The highest BCUT2D eigenvalue weighted by atomic mass is 16.2. The summed E-state index contributed by atoms with van der Waals surface area (Å²) >= 11 is 0. The summed E-state index contributed by atoms with van der Waals surface area (Å²) in [4.78, 5) is 11.3. The Balaban J connectivity index is 2.17. The predicted molar refractivity (Wildman–Crippen MR) is 54.5 cm³/mol. The van der Waals surface area contributed by atoms with Gasteiger partial charge in [-0.3, -0.25) is 10.2 Å². The SMILES string of the molecule is NNC(=O)C1CCc2ccccc2N1. The number of benzene rings is 1. The Morgan fingerprint density at radius 3 is 3.07 bits per heavy atom. The Kier molecular flexibility index (Phi) is 2.37. The molecular formula is C10H13N3O. The lowest BCUT2D eigenvalue weighted by atomic mass is 9.98. The topological polar surface area (TPSA) is 67.1 Å². The second kappa shape index (κ2) is 3.67. The maximum Gasteiger partial charge on any atom is 0.256 e. The van der Waals surface area contributed by atoms with Crippen LogP contribution in [-0.4, -0.2) is 11.9 Å². The van der Waals surface area contributed by atoms with Gasteiger partial charge in [0.2, 0.25) is 0 Å². The highest BCUT2D eigenvalue weighted by Gasteiger charge is 2.22. The Labute approximate surface area is 82.5 Å². The molecule has 0 radical (unpaired) electrons. The molecule has 4 nitrogen and oxygen atoms in total. The molecule has 1 aromatic rings. The fourth-order valence-corrected chi connectivity index (χ4v) is 1.74. The molecule has 4 heteroatoms. The first-order valence-corrected chi connectivity index (χ1v) is 4.66. The normalized spacial score (nSPS) is 19.4. The molecule has 0 fully saturated rings. The molecule has 0 saturated carbocycles. The molecule has 0 saturated heterocycles. The summed E-state index contributed by atoms with van der Waals surface area (Å²) in [6.07, 6.45) is 1.71. The third-order valence-corrected chi connectivity index (χ3v) is 2.51. The van der Waals surface area contributed by atoms with Gasteiger partial charge in [-0.05, 0) is 24.5 Å². The summed E-state index contributed by atoms with van der Waals surface area (Å²) < 4.78 is 0. The summed E-state index contributed by atoms with van der Waals surface area (Å²) in [5, 5.41) is 3.16. The zero-order chi connectivity index (χ0) is 9.97. The maximum absolute atomic E-state index is 11.3. The fraction of sp³-hybridized carbons (Fsp3) is 0.300. The standard InChI is InChI=1S/C10H13N3O/c11-13-10(14)9-6-5-7-3-1-2-4-8(7)12-9/h1-4,9,12H,5-6,11H2,(H,13,14). The van der Waals surface area contributed by atoms with Crippen molar-refractivity contribution in [1.82, 2.24) is 5.43 Å². The lowest BCUT2D eigenvalue weighted by Gasteiger charge is -2.25. The van der Waals surface area contributed by atoms with Crippen molar-refractivity contribution in [2.24, 2.45) is 5.84 Å². The number of carbonyl (C=O) groups is 1. The molecule has 1 aliphatic heterocycles. The van der Waals surface area contributed by atoms with Crippen LogP contribution in [0, 0.1) is 0 Å². The smallest absolute Gasteiger partial charge is 0.256 e. The van der Waals surface area contributed by atoms with Crippen molar-refractivity contribution in [3.05, 3.63) is 29.8 Å². The summed E-state index contributed by atoms with van der Waals surface area (Å²) in [5.74, 6) is 4.93. The Morgan fingerprint density at radius 2 is 2.29 bits per heavy atom. The number of hydrazine groups is 1. The molecule has 1 heterocycles. The second-order valence-electron chi connectivity index (χ2n) is 3.40. The van der Waals surface area contributed by atoms with Crippen LogP contribution in [0.1, 0.15) is 12.0 Å². The fourth-order valence-electron chi connectivity index (χ4n) is 1.74. The van der Waals surface area contributed by atoms with E-state index >= 15 is 0 Å². The highest BCUT2D eigenvalue weighted by Crippen LogP contribution is 2.23. The zero-order valence-electron chi connectivity index (χ0n) is 7.79. The van der Waals surface area contributed by atoms with Crippen molar-refractivity contribution < 1.29 is 4.79 Å². The van der Waals surface area contributed by atoms with Gasteiger partial charge in [-0.25, -0.2) is 5.84 Å². The third-order valence-electron chi connectivity index (χ3n) is 2.51. The number of amides is 1. The van der Waals surface area contributed by atoms with Crippen molar-refractivity contribution in [2.45, 2.75) is 18.9 Å². The molecule has 1 atom stereocenters. The minimum Gasteiger partial charge on any atom is -0.373 e. The van der Waals surface area contributed by atoms with Crippen molar-refractivity contribution in [1.29, 1.82) is 0 Å². The number of nitrogens with one attached hydrogen (secondary N) is 2. The molecule has 2 rings (SSSR count). The minimum atomic E-state index is -0.199. The maximum atomic E-state index is 11.3. The van der Waals surface area contributed by atoms with E-state index in [0.717, 1.165) is 18.5 Å². The van der Waals surface area contributed by atoms with Crippen molar-refractivity contribution in [3.8, 4) is 0 Å². The molecule has 1 aromatic carbocycles. The Hall–Kier alpha value is -1.55. The lowest BCUT2D eigenvalue weighted by molar-refractivity contribution is -0.122. The average Bonchev–Trinajstić information content (AvgIpc) is 2.27. The molecule has 4 N–H and O–H groups in total. The molecule has 74 valence electrons. The average molecular weight is 191 g/mol. The molecule has 0 aliphatic carbocycles. The number of hydrogen-bond donors (Lipinski definition) is 3. The molecule has 1 unspecified atom stereocenters. The van der Waals surface area contributed by atoms with Gasteiger partial charge < -0.3 is 5.32 Å². The highest BCUT2D eigenvalue weighted by molar-refractivity contribution is 5.85. The number of nitrogens with two attached hydrogens (primary N) is 1. The first-order chi connectivity index (χ1) is 6.81. The van der Waals surface area contributed by atoms with Gasteiger partial charge in [0.05, 0.1) is 0 Å². The first-order valence-electron chi connectivity index (χ1n) is 4.66. The van der Waals surface area contributed by atoms with Gasteiger partial charge in [-0.15, -0.1) is 0 Å². The van der Waals surface area contributed by atoms with Crippen LogP contribution in [0.2, 0.25) is 0 Å². The van der Waals surface area contributed by atoms with Crippen LogP contribution in [0.25, 0.3) is 0 Å².